The molecule has 2 amide bonds. The van der Waals surface area contributed by atoms with E-state index in [4.69, 9.17) is 4.74 Å². The summed E-state index contributed by atoms with van der Waals surface area (Å²) in [4.78, 5) is 28.4. The zero-order chi connectivity index (χ0) is 20.1. The van der Waals surface area contributed by atoms with Gasteiger partial charge >= 0.3 is 6.09 Å². The molecule has 1 aromatic carbocycles. The Hall–Kier alpha value is -2.90. The van der Waals surface area contributed by atoms with Crippen LogP contribution in [0.4, 0.5) is 4.79 Å². The first-order valence-corrected chi connectivity index (χ1v) is 9.58. The monoisotopic (exact) mass is 385 g/mol. The van der Waals surface area contributed by atoms with E-state index in [0.29, 0.717) is 30.8 Å². The molecule has 8 heteroatoms. The van der Waals surface area contributed by atoms with Crippen molar-refractivity contribution in [2.45, 2.75) is 51.7 Å². The van der Waals surface area contributed by atoms with Crippen molar-refractivity contribution in [2.24, 2.45) is 0 Å². The summed E-state index contributed by atoms with van der Waals surface area (Å²) in [7, 11) is 0. The number of hydrogen-bond acceptors (Lipinski definition) is 5. The molecule has 1 N–H and O–H groups in total. The molecule has 1 fully saturated rings. The van der Waals surface area contributed by atoms with Crippen molar-refractivity contribution in [3.63, 3.8) is 0 Å². The van der Waals surface area contributed by atoms with Gasteiger partial charge in [-0.3, -0.25) is 4.79 Å². The van der Waals surface area contributed by atoms with Gasteiger partial charge in [0.05, 0.1) is 23.6 Å². The Morgan fingerprint density at radius 3 is 2.54 bits per heavy atom. The van der Waals surface area contributed by atoms with E-state index >= 15 is 0 Å². The fourth-order valence-corrected chi connectivity index (χ4v) is 3.26. The first kappa shape index (κ1) is 19.9. The van der Waals surface area contributed by atoms with Gasteiger partial charge in [0.15, 0.2) is 0 Å². The van der Waals surface area contributed by atoms with Gasteiger partial charge in [-0.2, -0.15) is 15.0 Å². The highest BCUT2D eigenvalue weighted by Gasteiger charge is 2.26. The summed E-state index contributed by atoms with van der Waals surface area (Å²) >= 11 is 0. The smallest absolute Gasteiger partial charge is 0.407 e. The topological polar surface area (TPSA) is 89.4 Å². The van der Waals surface area contributed by atoms with Crippen molar-refractivity contribution < 1.29 is 14.3 Å². The van der Waals surface area contributed by atoms with Crippen molar-refractivity contribution in [1.82, 2.24) is 25.2 Å². The maximum atomic E-state index is 13.1. The summed E-state index contributed by atoms with van der Waals surface area (Å²) in [6.45, 7) is 6.73. The number of amides is 2. The molecule has 28 heavy (non-hydrogen) atoms. The lowest BCUT2D eigenvalue weighted by Gasteiger charge is -2.23. The lowest BCUT2D eigenvalue weighted by Crippen LogP contribution is -2.40. The number of benzene rings is 1. The van der Waals surface area contributed by atoms with Gasteiger partial charge in [-0.25, -0.2) is 4.79 Å². The summed E-state index contributed by atoms with van der Waals surface area (Å²) in [6, 6.07) is 7.32. The minimum atomic E-state index is -0.527. The predicted molar refractivity (Wildman–Crippen MR) is 104 cm³/mol. The highest BCUT2D eigenvalue weighted by atomic mass is 16.6. The van der Waals surface area contributed by atoms with Gasteiger partial charge in [0.25, 0.3) is 5.91 Å². The maximum absolute atomic E-state index is 13.1. The van der Waals surface area contributed by atoms with Crippen LogP contribution in [-0.4, -0.2) is 56.6 Å². The number of alkyl carbamates (subject to hydrolysis) is 1. The third kappa shape index (κ3) is 5.09. The molecule has 1 atom stereocenters. The summed E-state index contributed by atoms with van der Waals surface area (Å²) in [5, 5.41) is 11.2. The normalized spacial score (nSPS) is 17.7. The molecule has 1 unspecified atom stereocenters. The number of carbonyl (C=O) groups is 2. The Morgan fingerprint density at radius 2 is 1.82 bits per heavy atom. The number of likely N-dealkylation sites (tertiary alicyclic amines) is 1. The van der Waals surface area contributed by atoms with Crippen molar-refractivity contribution >= 4 is 12.0 Å². The SMILES string of the molecule is CC(C)(C)OC(=O)NC1CCCN(C(=O)c2ccccc2-n2nccn2)CC1. The quantitative estimate of drug-likeness (QED) is 0.877. The molecule has 2 heterocycles. The molecule has 0 radical (unpaired) electrons. The second kappa shape index (κ2) is 8.41. The molecule has 0 saturated carbocycles. The number of para-hydroxylation sites is 1. The van der Waals surface area contributed by atoms with E-state index in [1.165, 1.54) is 4.80 Å². The van der Waals surface area contributed by atoms with Crippen LogP contribution >= 0.6 is 0 Å². The number of rotatable bonds is 3. The molecule has 1 aromatic heterocycles. The van der Waals surface area contributed by atoms with Gasteiger partial charge in [0.1, 0.15) is 5.60 Å². The Bertz CT molecular complexity index is 813. The van der Waals surface area contributed by atoms with Crippen LogP contribution < -0.4 is 5.32 Å². The van der Waals surface area contributed by atoms with Crippen LogP contribution in [0.1, 0.15) is 50.4 Å². The second-order valence-corrected chi connectivity index (χ2v) is 7.90. The zero-order valence-corrected chi connectivity index (χ0v) is 16.6. The molecule has 150 valence electrons. The molecule has 3 rings (SSSR count). The van der Waals surface area contributed by atoms with E-state index in [1.807, 2.05) is 43.9 Å². The van der Waals surface area contributed by atoms with Crippen LogP contribution in [0, 0.1) is 0 Å². The number of hydrogen-bond donors (Lipinski definition) is 1. The number of nitrogens with one attached hydrogen (secondary N) is 1. The molecule has 0 bridgehead atoms. The van der Waals surface area contributed by atoms with E-state index in [9.17, 15) is 9.59 Å². The van der Waals surface area contributed by atoms with Crippen LogP contribution in [-0.2, 0) is 4.74 Å². The van der Waals surface area contributed by atoms with E-state index in [2.05, 4.69) is 15.5 Å². The minimum Gasteiger partial charge on any atom is -0.444 e. The molecule has 2 aromatic rings. The van der Waals surface area contributed by atoms with Gasteiger partial charge < -0.3 is 15.0 Å². The van der Waals surface area contributed by atoms with Crippen molar-refractivity contribution in [1.29, 1.82) is 0 Å². The van der Waals surface area contributed by atoms with Crippen LogP contribution in [0.15, 0.2) is 36.7 Å². The van der Waals surface area contributed by atoms with E-state index in [0.717, 1.165) is 12.8 Å². The lowest BCUT2D eigenvalue weighted by molar-refractivity contribution is 0.0500. The largest absolute Gasteiger partial charge is 0.444 e. The summed E-state index contributed by atoms with van der Waals surface area (Å²) in [5.41, 5.74) is 0.698. The number of ether oxygens (including phenoxy) is 1. The van der Waals surface area contributed by atoms with Gasteiger partial charge in [0.2, 0.25) is 0 Å². The van der Waals surface area contributed by atoms with E-state index < -0.39 is 11.7 Å². The van der Waals surface area contributed by atoms with Crippen molar-refractivity contribution in [3.05, 3.63) is 42.2 Å². The zero-order valence-electron chi connectivity index (χ0n) is 16.6. The van der Waals surface area contributed by atoms with Crippen LogP contribution in [0.5, 0.6) is 0 Å². The van der Waals surface area contributed by atoms with E-state index in [-0.39, 0.29) is 11.9 Å². The fraction of sp³-hybridized carbons (Fsp3) is 0.500. The second-order valence-electron chi connectivity index (χ2n) is 7.90. The third-order valence-electron chi connectivity index (χ3n) is 4.50. The highest BCUT2D eigenvalue weighted by Crippen LogP contribution is 2.19. The average Bonchev–Trinajstić information content (AvgIpc) is 3.07. The van der Waals surface area contributed by atoms with E-state index in [1.54, 1.807) is 18.5 Å². The standard InChI is InChI=1S/C20H27N5O3/c1-20(2,3)28-19(27)23-15-7-6-13-24(14-10-15)18(26)16-8-4-5-9-17(16)25-21-11-12-22-25/h4-5,8-9,11-12,15H,6-7,10,13-14H2,1-3H3,(H,23,27). The molecule has 1 aliphatic rings. The molecule has 1 aliphatic heterocycles. The fourth-order valence-electron chi connectivity index (χ4n) is 3.26. The molecule has 1 saturated heterocycles. The van der Waals surface area contributed by atoms with Gasteiger partial charge in [0, 0.05) is 19.1 Å². The van der Waals surface area contributed by atoms with Crippen molar-refractivity contribution in [2.75, 3.05) is 13.1 Å². The molecular weight excluding hydrogens is 358 g/mol. The summed E-state index contributed by atoms with van der Waals surface area (Å²) in [5.74, 6) is -0.0502. The maximum Gasteiger partial charge on any atom is 0.407 e. The molecule has 0 spiro atoms. The van der Waals surface area contributed by atoms with Crippen LogP contribution in [0.2, 0.25) is 0 Å². The lowest BCUT2D eigenvalue weighted by atomic mass is 10.1. The average molecular weight is 385 g/mol. The van der Waals surface area contributed by atoms with Crippen LogP contribution in [0.3, 0.4) is 0 Å². The first-order chi connectivity index (χ1) is 13.3. The first-order valence-electron chi connectivity index (χ1n) is 9.58. The van der Waals surface area contributed by atoms with Crippen LogP contribution in [0.25, 0.3) is 5.69 Å². The van der Waals surface area contributed by atoms with Gasteiger partial charge in [-0.1, -0.05) is 12.1 Å². The Morgan fingerprint density at radius 1 is 1.11 bits per heavy atom. The Kier molecular flexibility index (Phi) is 5.96. The summed E-state index contributed by atoms with van der Waals surface area (Å²) < 4.78 is 5.33. The predicted octanol–water partition coefficient (Wildman–Crippen LogP) is 2.79. The number of aromatic nitrogens is 3. The third-order valence-corrected chi connectivity index (χ3v) is 4.50. The van der Waals surface area contributed by atoms with Gasteiger partial charge in [-0.15, -0.1) is 0 Å². The molecular formula is C20H27N5O3. The summed E-state index contributed by atoms with van der Waals surface area (Å²) in [6.07, 6.45) is 5.07. The van der Waals surface area contributed by atoms with Gasteiger partial charge in [-0.05, 0) is 52.2 Å². The highest BCUT2D eigenvalue weighted by molar-refractivity contribution is 5.97. The van der Waals surface area contributed by atoms with Crippen molar-refractivity contribution in [3.8, 4) is 5.69 Å². The minimum absolute atomic E-state index is 0.00400. The Balaban J connectivity index is 1.65. The number of nitrogens with zero attached hydrogens (tertiary/aromatic N) is 4. The number of carbonyl (C=O) groups excluding carboxylic acids is 2. The molecule has 8 nitrogen and oxygen atoms in total. The molecule has 0 aliphatic carbocycles. The Labute approximate surface area is 164 Å².